The maximum atomic E-state index is 3.88. The van der Waals surface area contributed by atoms with Crippen molar-refractivity contribution in [3.8, 4) is 0 Å². The SMILES string of the molecule is C=C(NC)c1cccc(NC)c1. The molecule has 2 nitrogen and oxygen atoms in total. The van der Waals surface area contributed by atoms with E-state index in [-0.39, 0.29) is 0 Å². The van der Waals surface area contributed by atoms with Crippen molar-refractivity contribution in [2.75, 3.05) is 19.4 Å². The Bertz CT molecular complexity index is 279. The van der Waals surface area contributed by atoms with Crippen molar-refractivity contribution >= 4 is 11.4 Å². The quantitative estimate of drug-likeness (QED) is 0.709. The molecule has 0 bridgehead atoms. The minimum Gasteiger partial charge on any atom is -0.388 e. The second-order valence-corrected chi connectivity index (χ2v) is 2.56. The standard InChI is InChI=1S/C10H14N2/c1-8(11-2)9-5-4-6-10(7-9)12-3/h4-7,11-12H,1H2,2-3H3. The zero-order chi connectivity index (χ0) is 8.97. The third-order valence-electron chi connectivity index (χ3n) is 1.80. The highest BCUT2D eigenvalue weighted by Crippen LogP contribution is 2.14. The van der Waals surface area contributed by atoms with Crippen LogP contribution in [0.2, 0.25) is 0 Å². The second-order valence-electron chi connectivity index (χ2n) is 2.56. The van der Waals surface area contributed by atoms with Crippen LogP contribution in [-0.2, 0) is 0 Å². The lowest BCUT2D eigenvalue weighted by Crippen LogP contribution is -2.02. The summed E-state index contributed by atoms with van der Waals surface area (Å²) in [5.74, 6) is 0. The fourth-order valence-corrected chi connectivity index (χ4v) is 1.01. The van der Waals surface area contributed by atoms with E-state index in [1.54, 1.807) is 0 Å². The van der Waals surface area contributed by atoms with Gasteiger partial charge in [0.15, 0.2) is 0 Å². The summed E-state index contributed by atoms with van der Waals surface area (Å²) in [5, 5.41) is 6.09. The molecule has 1 aromatic rings. The van der Waals surface area contributed by atoms with Crippen molar-refractivity contribution in [2.24, 2.45) is 0 Å². The molecule has 2 N–H and O–H groups in total. The van der Waals surface area contributed by atoms with Gasteiger partial charge in [-0.25, -0.2) is 0 Å². The van der Waals surface area contributed by atoms with Crippen molar-refractivity contribution < 1.29 is 0 Å². The van der Waals surface area contributed by atoms with E-state index in [9.17, 15) is 0 Å². The fourth-order valence-electron chi connectivity index (χ4n) is 1.01. The highest BCUT2D eigenvalue weighted by molar-refractivity contribution is 5.65. The summed E-state index contributed by atoms with van der Waals surface area (Å²) in [6, 6.07) is 8.11. The first kappa shape index (κ1) is 8.65. The van der Waals surface area contributed by atoms with Gasteiger partial charge in [-0.3, -0.25) is 0 Å². The molecule has 0 aromatic heterocycles. The van der Waals surface area contributed by atoms with Crippen LogP contribution >= 0.6 is 0 Å². The summed E-state index contributed by atoms with van der Waals surface area (Å²) in [7, 11) is 3.77. The second kappa shape index (κ2) is 3.81. The summed E-state index contributed by atoms with van der Waals surface area (Å²) in [5.41, 5.74) is 3.15. The van der Waals surface area contributed by atoms with Gasteiger partial charge in [0, 0.05) is 25.5 Å². The Balaban J connectivity index is 2.93. The van der Waals surface area contributed by atoms with Crippen LogP contribution in [0.15, 0.2) is 30.8 Å². The number of nitrogens with one attached hydrogen (secondary N) is 2. The van der Waals surface area contributed by atoms with Crippen LogP contribution < -0.4 is 10.6 Å². The number of hydrogen-bond acceptors (Lipinski definition) is 2. The smallest absolute Gasteiger partial charge is 0.0344 e. The first-order valence-electron chi connectivity index (χ1n) is 3.92. The Kier molecular flexibility index (Phi) is 2.75. The highest BCUT2D eigenvalue weighted by Gasteiger charge is 1.95. The molecule has 2 heteroatoms. The Morgan fingerprint density at radius 2 is 2.08 bits per heavy atom. The van der Waals surface area contributed by atoms with Gasteiger partial charge in [0.25, 0.3) is 0 Å². The monoisotopic (exact) mass is 162 g/mol. The normalized spacial score (nSPS) is 9.17. The summed E-state index contributed by atoms with van der Waals surface area (Å²) in [4.78, 5) is 0. The molecule has 0 saturated carbocycles. The van der Waals surface area contributed by atoms with Gasteiger partial charge in [0.2, 0.25) is 0 Å². The summed E-state index contributed by atoms with van der Waals surface area (Å²) < 4.78 is 0. The summed E-state index contributed by atoms with van der Waals surface area (Å²) in [6.45, 7) is 3.88. The molecule has 0 saturated heterocycles. The van der Waals surface area contributed by atoms with Crippen LogP contribution in [-0.4, -0.2) is 14.1 Å². The van der Waals surface area contributed by atoms with Crippen LogP contribution in [0.25, 0.3) is 5.70 Å². The molecule has 0 amide bonds. The lowest BCUT2D eigenvalue weighted by molar-refractivity contribution is 1.13. The van der Waals surface area contributed by atoms with Crippen LogP contribution in [0.1, 0.15) is 5.56 Å². The summed E-state index contributed by atoms with van der Waals surface area (Å²) in [6.07, 6.45) is 0. The molecule has 0 aliphatic rings. The lowest BCUT2D eigenvalue weighted by Gasteiger charge is -2.06. The highest BCUT2D eigenvalue weighted by atomic mass is 14.8. The van der Waals surface area contributed by atoms with Gasteiger partial charge in [-0.05, 0) is 17.7 Å². The van der Waals surface area contributed by atoms with Crippen LogP contribution in [0.5, 0.6) is 0 Å². The Hall–Kier alpha value is -1.44. The Morgan fingerprint density at radius 3 is 2.67 bits per heavy atom. The molecular weight excluding hydrogens is 148 g/mol. The number of benzene rings is 1. The number of hydrogen-bond donors (Lipinski definition) is 2. The molecule has 0 fully saturated rings. The van der Waals surface area contributed by atoms with Crippen molar-refractivity contribution in [3.63, 3.8) is 0 Å². The van der Waals surface area contributed by atoms with E-state index in [1.807, 2.05) is 32.3 Å². The maximum absolute atomic E-state index is 3.88. The van der Waals surface area contributed by atoms with Crippen molar-refractivity contribution in [1.82, 2.24) is 5.32 Å². The molecule has 0 atom stereocenters. The molecular formula is C10H14N2. The topological polar surface area (TPSA) is 24.1 Å². The average molecular weight is 162 g/mol. The van der Waals surface area contributed by atoms with Gasteiger partial charge >= 0.3 is 0 Å². The van der Waals surface area contributed by atoms with Gasteiger partial charge < -0.3 is 10.6 Å². The largest absolute Gasteiger partial charge is 0.388 e. The predicted molar refractivity (Wildman–Crippen MR) is 54.1 cm³/mol. The zero-order valence-corrected chi connectivity index (χ0v) is 7.52. The van der Waals surface area contributed by atoms with Gasteiger partial charge in [-0.1, -0.05) is 18.7 Å². The lowest BCUT2D eigenvalue weighted by atomic mass is 10.1. The summed E-state index contributed by atoms with van der Waals surface area (Å²) >= 11 is 0. The van der Waals surface area contributed by atoms with Crippen molar-refractivity contribution in [2.45, 2.75) is 0 Å². The van der Waals surface area contributed by atoms with E-state index < -0.39 is 0 Å². The van der Waals surface area contributed by atoms with E-state index in [2.05, 4.69) is 23.3 Å². The molecule has 0 unspecified atom stereocenters. The van der Waals surface area contributed by atoms with E-state index in [4.69, 9.17) is 0 Å². The van der Waals surface area contributed by atoms with Crippen molar-refractivity contribution in [1.29, 1.82) is 0 Å². The van der Waals surface area contributed by atoms with Gasteiger partial charge in [0.05, 0.1) is 0 Å². The van der Waals surface area contributed by atoms with Crippen LogP contribution in [0.4, 0.5) is 5.69 Å². The Morgan fingerprint density at radius 1 is 1.33 bits per heavy atom. The first-order valence-corrected chi connectivity index (χ1v) is 3.92. The van der Waals surface area contributed by atoms with Gasteiger partial charge in [0.1, 0.15) is 0 Å². The zero-order valence-electron chi connectivity index (χ0n) is 7.52. The molecule has 1 aromatic carbocycles. The van der Waals surface area contributed by atoms with Crippen LogP contribution in [0.3, 0.4) is 0 Å². The fraction of sp³-hybridized carbons (Fsp3) is 0.200. The maximum Gasteiger partial charge on any atom is 0.0344 e. The molecule has 0 heterocycles. The third-order valence-corrected chi connectivity index (χ3v) is 1.80. The van der Waals surface area contributed by atoms with Gasteiger partial charge in [-0.15, -0.1) is 0 Å². The third kappa shape index (κ3) is 1.78. The van der Waals surface area contributed by atoms with E-state index >= 15 is 0 Å². The molecule has 0 aliphatic carbocycles. The van der Waals surface area contributed by atoms with Crippen molar-refractivity contribution in [3.05, 3.63) is 36.4 Å². The molecule has 0 radical (unpaired) electrons. The first-order chi connectivity index (χ1) is 5.77. The molecule has 0 spiro atoms. The molecule has 0 aliphatic heterocycles. The minimum atomic E-state index is 0.937. The molecule has 12 heavy (non-hydrogen) atoms. The number of rotatable bonds is 3. The molecule has 64 valence electrons. The predicted octanol–water partition coefficient (Wildman–Crippen LogP) is 1.92. The molecule has 1 rings (SSSR count). The Labute approximate surface area is 73.3 Å². The minimum absolute atomic E-state index is 0.937. The van der Waals surface area contributed by atoms with E-state index in [0.717, 1.165) is 16.9 Å². The van der Waals surface area contributed by atoms with Crippen LogP contribution in [0, 0.1) is 0 Å². The van der Waals surface area contributed by atoms with E-state index in [1.165, 1.54) is 0 Å². The average Bonchev–Trinajstić information content (AvgIpc) is 2.17. The van der Waals surface area contributed by atoms with Gasteiger partial charge in [-0.2, -0.15) is 0 Å². The number of anilines is 1. The van der Waals surface area contributed by atoms with E-state index in [0.29, 0.717) is 0 Å².